The molecule has 40 heavy (non-hydrogen) atoms. The van der Waals surface area contributed by atoms with Gasteiger partial charge in [-0.1, -0.05) is 36.4 Å². The first-order chi connectivity index (χ1) is 19.2. The summed E-state index contributed by atoms with van der Waals surface area (Å²) in [5.74, 6) is 0.0538. The molecule has 8 nitrogen and oxygen atoms in total. The fourth-order valence-corrected chi connectivity index (χ4v) is 4.91. The van der Waals surface area contributed by atoms with E-state index < -0.39 is 17.7 Å². The third-order valence-electron chi connectivity index (χ3n) is 6.97. The zero-order chi connectivity index (χ0) is 28.8. The van der Waals surface area contributed by atoms with Gasteiger partial charge in [-0.15, -0.1) is 0 Å². The van der Waals surface area contributed by atoms with Crippen molar-refractivity contribution in [3.05, 3.63) is 94.6 Å². The fraction of sp³-hybridized carbons (Fsp3) is 0.312. The molecule has 0 aromatic heterocycles. The summed E-state index contributed by atoms with van der Waals surface area (Å²) in [6.07, 6.45) is 0.663. The molecular weight excluding hydrogens is 508 g/mol. The Hall–Kier alpha value is -4.30. The third-order valence-corrected chi connectivity index (χ3v) is 6.97. The van der Waals surface area contributed by atoms with Gasteiger partial charge in [0.2, 0.25) is 0 Å². The Kier molecular flexibility index (Phi) is 9.11. The lowest BCUT2D eigenvalue weighted by Crippen LogP contribution is -2.32. The molecule has 0 radical (unpaired) electrons. The number of carbonyl (C=O) groups is 2. The van der Waals surface area contributed by atoms with Gasteiger partial charge in [-0.2, -0.15) is 0 Å². The minimum absolute atomic E-state index is 0.0446. The van der Waals surface area contributed by atoms with Gasteiger partial charge in [-0.3, -0.25) is 9.59 Å². The van der Waals surface area contributed by atoms with Gasteiger partial charge < -0.3 is 29.1 Å². The number of hydrogen-bond acceptors (Lipinski definition) is 7. The van der Waals surface area contributed by atoms with Crippen molar-refractivity contribution < 1.29 is 28.9 Å². The van der Waals surface area contributed by atoms with E-state index in [-0.39, 0.29) is 11.3 Å². The van der Waals surface area contributed by atoms with Crippen LogP contribution in [0.5, 0.6) is 17.2 Å². The van der Waals surface area contributed by atoms with Gasteiger partial charge in [0, 0.05) is 12.1 Å². The van der Waals surface area contributed by atoms with E-state index in [4.69, 9.17) is 14.2 Å². The molecule has 1 heterocycles. The monoisotopic (exact) mass is 544 g/mol. The van der Waals surface area contributed by atoms with Crippen LogP contribution in [0.4, 0.5) is 0 Å². The number of rotatable bonds is 11. The van der Waals surface area contributed by atoms with Crippen LogP contribution in [0.25, 0.3) is 5.76 Å². The summed E-state index contributed by atoms with van der Waals surface area (Å²) in [6.45, 7) is 3.33. The van der Waals surface area contributed by atoms with E-state index in [0.717, 1.165) is 12.1 Å². The normalized spacial score (nSPS) is 16.4. The number of aliphatic hydroxyl groups is 1. The van der Waals surface area contributed by atoms with E-state index in [9.17, 15) is 14.7 Å². The molecule has 1 aliphatic rings. The van der Waals surface area contributed by atoms with Gasteiger partial charge >= 0.3 is 0 Å². The Morgan fingerprint density at radius 3 is 2.33 bits per heavy atom. The number of amides is 1. The molecule has 1 aliphatic heterocycles. The first kappa shape index (κ1) is 28.7. The number of carbonyl (C=O) groups excluding carboxylic acids is 2. The Morgan fingerprint density at radius 1 is 0.950 bits per heavy atom. The molecule has 3 aromatic carbocycles. The van der Waals surface area contributed by atoms with Crippen LogP contribution in [0.3, 0.4) is 0 Å². The minimum Gasteiger partial charge on any atom is -0.507 e. The summed E-state index contributed by atoms with van der Waals surface area (Å²) in [4.78, 5) is 30.3. The Bertz CT molecular complexity index is 1400. The molecule has 210 valence electrons. The second kappa shape index (κ2) is 12.7. The Balaban J connectivity index is 1.73. The second-order valence-corrected chi connectivity index (χ2v) is 10.0. The maximum Gasteiger partial charge on any atom is 0.295 e. The van der Waals surface area contributed by atoms with Crippen LogP contribution in [-0.2, 0) is 16.2 Å². The average Bonchev–Trinajstić information content (AvgIpc) is 3.21. The maximum absolute atomic E-state index is 13.4. The molecule has 4 rings (SSSR count). The molecule has 8 heteroatoms. The van der Waals surface area contributed by atoms with Gasteiger partial charge in [0.15, 0.2) is 11.5 Å². The van der Waals surface area contributed by atoms with Crippen molar-refractivity contribution in [3.8, 4) is 17.2 Å². The number of aryl methyl sites for hydroxylation is 1. The molecule has 1 amide bonds. The molecule has 0 aliphatic carbocycles. The highest BCUT2D eigenvalue weighted by Crippen LogP contribution is 2.42. The number of nitrogens with zero attached hydrogens (tertiary/aromatic N) is 2. The first-order valence-corrected chi connectivity index (χ1v) is 13.2. The van der Waals surface area contributed by atoms with Crippen molar-refractivity contribution >= 4 is 17.4 Å². The van der Waals surface area contributed by atoms with Crippen LogP contribution < -0.4 is 14.2 Å². The Labute approximate surface area is 235 Å². The van der Waals surface area contributed by atoms with Crippen LogP contribution in [0.1, 0.15) is 34.7 Å². The maximum atomic E-state index is 13.4. The van der Waals surface area contributed by atoms with Crippen molar-refractivity contribution in [1.82, 2.24) is 9.80 Å². The van der Waals surface area contributed by atoms with Crippen molar-refractivity contribution in [1.29, 1.82) is 0 Å². The highest BCUT2D eigenvalue weighted by atomic mass is 16.5. The molecule has 1 N–H and O–H groups in total. The first-order valence-electron chi connectivity index (χ1n) is 13.2. The Morgan fingerprint density at radius 2 is 1.68 bits per heavy atom. The zero-order valence-electron chi connectivity index (χ0n) is 23.6. The summed E-state index contributed by atoms with van der Waals surface area (Å²) >= 11 is 0. The lowest BCUT2D eigenvalue weighted by molar-refractivity contribution is -0.139. The van der Waals surface area contributed by atoms with Crippen LogP contribution in [0.2, 0.25) is 0 Å². The van der Waals surface area contributed by atoms with Crippen LogP contribution in [0, 0.1) is 6.92 Å². The van der Waals surface area contributed by atoms with Crippen molar-refractivity contribution in [2.45, 2.75) is 26.0 Å². The summed E-state index contributed by atoms with van der Waals surface area (Å²) < 4.78 is 16.8. The van der Waals surface area contributed by atoms with E-state index in [0.29, 0.717) is 53.5 Å². The second-order valence-electron chi connectivity index (χ2n) is 10.0. The van der Waals surface area contributed by atoms with Gasteiger partial charge in [0.05, 0.1) is 25.8 Å². The molecule has 1 saturated heterocycles. The van der Waals surface area contributed by atoms with E-state index in [2.05, 4.69) is 0 Å². The van der Waals surface area contributed by atoms with Gasteiger partial charge in [0.1, 0.15) is 18.1 Å². The average molecular weight is 545 g/mol. The summed E-state index contributed by atoms with van der Waals surface area (Å²) in [6, 6.07) is 19.6. The molecule has 3 aromatic rings. The number of Topliss-reactive ketones (excluding diaryl/α,β-unsaturated/α-hetero) is 1. The van der Waals surface area contributed by atoms with Crippen molar-refractivity contribution in [2.75, 3.05) is 41.4 Å². The van der Waals surface area contributed by atoms with E-state index >= 15 is 0 Å². The molecule has 0 bridgehead atoms. The molecule has 0 unspecified atom stereocenters. The predicted octanol–water partition coefficient (Wildman–Crippen LogP) is 4.96. The van der Waals surface area contributed by atoms with E-state index in [1.165, 1.54) is 12.0 Å². The summed E-state index contributed by atoms with van der Waals surface area (Å²) in [5, 5.41) is 11.6. The highest BCUT2D eigenvalue weighted by Gasteiger charge is 2.46. The topological polar surface area (TPSA) is 88.5 Å². The lowest BCUT2D eigenvalue weighted by atomic mass is 9.93. The quantitative estimate of drug-likeness (QED) is 0.207. The van der Waals surface area contributed by atoms with Crippen LogP contribution in [-0.4, -0.2) is 68.0 Å². The molecule has 1 fully saturated rings. The van der Waals surface area contributed by atoms with Gasteiger partial charge in [-0.25, -0.2) is 0 Å². The minimum atomic E-state index is -0.782. The van der Waals surface area contributed by atoms with Crippen LogP contribution >= 0.6 is 0 Å². The fourth-order valence-electron chi connectivity index (χ4n) is 4.91. The predicted molar refractivity (Wildman–Crippen MR) is 154 cm³/mol. The number of likely N-dealkylation sites (tertiary alicyclic amines) is 1. The third kappa shape index (κ3) is 6.13. The lowest BCUT2D eigenvalue weighted by Gasteiger charge is -2.26. The standard InChI is InChI=1S/C32H36N2O6/c1-21-18-24(40-20-22-10-7-6-8-11-22)13-14-25(21)30(35)28-29(23-12-15-26(38-4)27(19-23)39-5)34(32(37)31(28)36)17-9-16-33(2)3/h6-8,10-15,18-19,29,35H,9,16-17,20H2,1-5H3/t29-/m1/s1. The number of aliphatic hydroxyl groups excluding tert-OH is 1. The number of ketones is 1. The molecular formula is C32H36N2O6. The van der Waals surface area contributed by atoms with E-state index in [1.807, 2.05) is 62.3 Å². The molecule has 0 spiro atoms. The number of benzene rings is 3. The number of ether oxygens (including phenoxy) is 3. The largest absolute Gasteiger partial charge is 0.507 e. The molecule has 0 saturated carbocycles. The highest BCUT2D eigenvalue weighted by molar-refractivity contribution is 6.46. The zero-order valence-corrected chi connectivity index (χ0v) is 23.6. The SMILES string of the molecule is COc1ccc([C@@H]2C(=C(O)c3ccc(OCc4ccccc4)cc3C)C(=O)C(=O)N2CCCN(C)C)cc1OC. The summed E-state index contributed by atoms with van der Waals surface area (Å²) in [7, 11) is 6.98. The smallest absolute Gasteiger partial charge is 0.295 e. The van der Waals surface area contributed by atoms with Crippen molar-refractivity contribution in [3.63, 3.8) is 0 Å². The van der Waals surface area contributed by atoms with Crippen molar-refractivity contribution in [2.24, 2.45) is 0 Å². The summed E-state index contributed by atoms with van der Waals surface area (Å²) in [5.41, 5.74) is 2.90. The van der Waals surface area contributed by atoms with Crippen LogP contribution in [0.15, 0.2) is 72.3 Å². The van der Waals surface area contributed by atoms with E-state index in [1.54, 1.807) is 37.4 Å². The van der Waals surface area contributed by atoms with Gasteiger partial charge in [-0.05, 0) is 81.0 Å². The number of methoxy groups -OCH3 is 2. The molecule has 1 atom stereocenters. The van der Waals surface area contributed by atoms with Gasteiger partial charge in [0.25, 0.3) is 11.7 Å². The number of hydrogen-bond donors (Lipinski definition) is 1.